The van der Waals surface area contributed by atoms with Crippen LogP contribution in [0.3, 0.4) is 0 Å². The van der Waals surface area contributed by atoms with E-state index in [2.05, 4.69) is 4.98 Å². The Kier molecular flexibility index (Phi) is 2.97. The molecule has 1 aromatic rings. The summed E-state index contributed by atoms with van der Waals surface area (Å²) in [4.78, 5) is 17.8. The van der Waals surface area contributed by atoms with Crippen molar-refractivity contribution in [2.45, 2.75) is 18.9 Å². The third-order valence-electron chi connectivity index (χ3n) is 2.63. The average molecular weight is 205 g/mol. The van der Waals surface area contributed by atoms with Gasteiger partial charge in [-0.15, -0.1) is 0 Å². The van der Waals surface area contributed by atoms with Gasteiger partial charge in [0.2, 0.25) is 0 Å². The highest BCUT2D eigenvalue weighted by atomic mass is 16.2. The first-order chi connectivity index (χ1) is 7.27. The molecular weight excluding hydrogens is 190 g/mol. The van der Waals surface area contributed by atoms with Crippen molar-refractivity contribution in [3.63, 3.8) is 0 Å². The third-order valence-corrected chi connectivity index (χ3v) is 2.63. The van der Waals surface area contributed by atoms with Crippen molar-refractivity contribution in [3.8, 4) is 0 Å². The maximum Gasteiger partial charge on any atom is 0.272 e. The van der Waals surface area contributed by atoms with E-state index in [1.54, 1.807) is 23.2 Å². The number of hydrogen-bond donors (Lipinski definition) is 1. The molecule has 2 heterocycles. The van der Waals surface area contributed by atoms with Gasteiger partial charge in [0, 0.05) is 25.3 Å². The Hall–Kier alpha value is -1.42. The zero-order valence-corrected chi connectivity index (χ0v) is 8.60. The molecule has 1 aliphatic rings. The normalized spacial score (nSPS) is 21.4. The summed E-state index contributed by atoms with van der Waals surface area (Å²) in [5.74, 6) is -0.00856. The molecule has 1 atom stereocenters. The molecular formula is C11H15N3O. The molecule has 0 radical (unpaired) electrons. The number of nitrogens with zero attached hydrogens (tertiary/aromatic N) is 2. The number of piperidine rings is 1. The largest absolute Gasteiger partial charge is 0.336 e. The van der Waals surface area contributed by atoms with Crippen LogP contribution in [0.5, 0.6) is 0 Å². The standard InChI is InChI=1S/C11H15N3O/c12-9-4-3-7-14(8-9)11(15)10-5-1-2-6-13-10/h1-2,5-6,9H,3-4,7-8,12H2/t9-/m0/s1. The monoisotopic (exact) mass is 205 g/mol. The van der Waals surface area contributed by atoms with Gasteiger partial charge in [0.05, 0.1) is 0 Å². The predicted octanol–water partition coefficient (Wildman–Crippen LogP) is 0.645. The van der Waals surface area contributed by atoms with Crippen molar-refractivity contribution in [1.29, 1.82) is 0 Å². The fraction of sp³-hybridized carbons (Fsp3) is 0.455. The maximum absolute atomic E-state index is 12.0. The molecule has 2 N–H and O–H groups in total. The zero-order valence-electron chi connectivity index (χ0n) is 8.60. The molecule has 15 heavy (non-hydrogen) atoms. The zero-order chi connectivity index (χ0) is 10.7. The summed E-state index contributed by atoms with van der Waals surface area (Å²) in [6.07, 6.45) is 3.63. The van der Waals surface area contributed by atoms with E-state index in [4.69, 9.17) is 5.73 Å². The van der Waals surface area contributed by atoms with Gasteiger partial charge < -0.3 is 10.6 Å². The van der Waals surface area contributed by atoms with Crippen LogP contribution in [0.25, 0.3) is 0 Å². The van der Waals surface area contributed by atoms with E-state index >= 15 is 0 Å². The van der Waals surface area contributed by atoms with E-state index in [9.17, 15) is 4.79 Å². The third kappa shape index (κ3) is 2.33. The van der Waals surface area contributed by atoms with E-state index in [-0.39, 0.29) is 11.9 Å². The molecule has 2 rings (SSSR count). The number of amides is 1. The Morgan fingerprint density at radius 2 is 2.40 bits per heavy atom. The Balaban J connectivity index is 2.08. The van der Waals surface area contributed by atoms with Crippen LogP contribution >= 0.6 is 0 Å². The lowest BCUT2D eigenvalue weighted by Gasteiger charge is -2.30. The Morgan fingerprint density at radius 3 is 3.07 bits per heavy atom. The van der Waals surface area contributed by atoms with E-state index in [0.717, 1.165) is 19.4 Å². The van der Waals surface area contributed by atoms with Gasteiger partial charge in [-0.05, 0) is 25.0 Å². The van der Waals surface area contributed by atoms with Gasteiger partial charge in [-0.3, -0.25) is 9.78 Å². The van der Waals surface area contributed by atoms with Crippen LogP contribution in [0, 0.1) is 0 Å². The first-order valence-electron chi connectivity index (χ1n) is 5.23. The molecule has 1 saturated heterocycles. The summed E-state index contributed by atoms with van der Waals surface area (Å²) >= 11 is 0. The smallest absolute Gasteiger partial charge is 0.272 e. The van der Waals surface area contributed by atoms with Crippen molar-refractivity contribution < 1.29 is 4.79 Å². The summed E-state index contributed by atoms with van der Waals surface area (Å²) in [5.41, 5.74) is 6.33. The van der Waals surface area contributed by atoms with Crippen LogP contribution in [0.4, 0.5) is 0 Å². The molecule has 0 aromatic carbocycles. The van der Waals surface area contributed by atoms with Crippen molar-refractivity contribution in [2.75, 3.05) is 13.1 Å². The minimum atomic E-state index is -0.00856. The van der Waals surface area contributed by atoms with Crippen LogP contribution in [-0.4, -0.2) is 34.9 Å². The van der Waals surface area contributed by atoms with E-state index < -0.39 is 0 Å². The van der Waals surface area contributed by atoms with Gasteiger partial charge in [-0.25, -0.2) is 0 Å². The van der Waals surface area contributed by atoms with Crippen LogP contribution in [0.2, 0.25) is 0 Å². The summed E-state index contributed by atoms with van der Waals surface area (Å²) in [6.45, 7) is 1.44. The Labute approximate surface area is 89.1 Å². The maximum atomic E-state index is 12.0. The summed E-state index contributed by atoms with van der Waals surface area (Å²) in [5, 5.41) is 0. The number of likely N-dealkylation sites (tertiary alicyclic amines) is 1. The van der Waals surface area contributed by atoms with Gasteiger partial charge in [-0.2, -0.15) is 0 Å². The molecule has 0 unspecified atom stereocenters. The lowest BCUT2D eigenvalue weighted by molar-refractivity contribution is 0.0703. The second-order valence-electron chi connectivity index (χ2n) is 3.87. The number of pyridine rings is 1. The quantitative estimate of drug-likeness (QED) is 0.732. The molecule has 80 valence electrons. The number of rotatable bonds is 1. The van der Waals surface area contributed by atoms with Crippen molar-refractivity contribution in [2.24, 2.45) is 5.73 Å². The summed E-state index contributed by atoms with van der Waals surface area (Å²) < 4.78 is 0. The molecule has 1 amide bonds. The fourth-order valence-electron chi connectivity index (χ4n) is 1.85. The molecule has 1 aromatic heterocycles. The van der Waals surface area contributed by atoms with E-state index in [1.165, 1.54) is 0 Å². The van der Waals surface area contributed by atoms with E-state index in [1.807, 2.05) is 6.07 Å². The molecule has 1 fully saturated rings. The molecule has 4 nitrogen and oxygen atoms in total. The first kappa shape index (κ1) is 10.1. The van der Waals surface area contributed by atoms with Crippen LogP contribution in [-0.2, 0) is 0 Å². The highest BCUT2D eigenvalue weighted by molar-refractivity contribution is 5.92. The topological polar surface area (TPSA) is 59.2 Å². The second kappa shape index (κ2) is 4.40. The highest BCUT2D eigenvalue weighted by Gasteiger charge is 2.22. The molecule has 1 aliphatic heterocycles. The van der Waals surface area contributed by atoms with Gasteiger partial charge in [0.15, 0.2) is 0 Å². The minimum absolute atomic E-state index is 0.00856. The van der Waals surface area contributed by atoms with Gasteiger partial charge in [-0.1, -0.05) is 6.07 Å². The van der Waals surface area contributed by atoms with E-state index in [0.29, 0.717) is 12.2 Å². The van der Waals surface area contributed by atoms with Gasteiger partial charge in [0.1, 0.15) is 5.69 Å². The fourth-order valence-corrected chi connectivity index (χ4v) is 1.85. The second-order valence-corrected chi connectivity index (χ2v) is 3.87. The number of carbonyl (C=O) groups is 1. The van der Waals surface area contributed by atoms with Crippen LogP contribution in [0.1, 0.15) is 23.3 Å². The minimum Gasteiger partial charge on any atom is -0.336 e. The highest BCUT2D eigenvalue weighted by Crippen LogP contribution is 2.11. The Morgan fingerprint density at radius 1 is 1.53 bits per heavy atom. The molecule has 0 spiro atoms. The molecule has 4 heteroatoms. The SMILES string of the molecule is N[C@H]1CCCN(C(=O)c2ccccn2)C1. The molecule has 0 aliphatic carbocycles. The first-order valence-corrected chi connectivity index (χ1v) is 5.23. The van der Waals surface area contributed by atoms with Crippen molar-refractivity contribution in [3.05, 3.63) is 30.1 Å². The average Bonchev–Trinajstić information content (AvgIpc) is 2.29. The van der Waals surface area contributed by atoms with Crippen molar-refractivity contribution in [1.82, 2.24) is 9.88 Å². The van der Waals surface area contributed by atoms with Gasteiger partial charge in [0.25, 0.3) is 5.91 Å². The summed E-state index contributed by atoms with van der Waals surface area (Å²) in [7, 11) is 0. The van der Waals surface area contributed by atoms with Crippen molar-refractivity contribution >= 4 is 5.91 Å². The van der Waals surface area contributed by atoms with Crippen LogP contribution in [0.15, 0.2) is 24.4 Å². The lowest BCUT2D eigenvalue weighted by Crippen LogP contribution is -2.45. The van der Waals surface area contributed by atoms with Crippen LogP contribution < -0.4 is 5.73 Å². The number of aromatic nitrogens is 1. The molecule has 0 saturated carbocycles. The van der Waals surface area contributed by atoms with Gasteiger partial charge >= 0.3 is 0 Å². The number of carbonyl (C=O) groups excluding carboxylic acids is 1. The lowest BCUT2D eigenvalue weighted by atomic mass is 10.1. The number of hydrogen-bond acceptors (Lipinski definition) is 3. The number of nitrogens with two attached hydrogens (primary N) is 1. The Bertz CT molecular complexity index is 339. The predicted molar refractivity (Wildman–Crippen MR) is 57.3 cm³/mol. The summed E-state index contributed by atoms with van der Waals surface area (Å²) in [6, 6.07) is 5.48. The molecule has 0 bridgehead atoms.